The number of fused-ring (bicyclic) bond motifs is 1. The summed E-state index contributed by atoms with van der Waals surface area (Å²) >= 11 is 5.99. The summed E-state index contributed by atoms with van der Waals surface area (Å²) in [6, 6.07) is 17.7. The Balaban J connectivity index is 1.54. The second kappa shape index (κ2) is 7.89. The van der Waals surface area contributed by atoms with Crippen LogP contribution in [0, 0.1) is 6.92 Å². The molecule has 6 heteroatoms. The van der Waals surface area contributed by atoms with Crippen LogP contribution in [0.2, 0.25) is 5.02 Å². The number of aryl methyl sites for hydroxylation is 1. The number of rotatable bonds is 5. The summed E-state index contributed by atoms with van der Waals surface area (Å²) in [7, 11) is 0. The lowest BCUT2D eigenvalue weighted by atomic mass is 9.97. The fourth-order valence-electron chi connectivity index (χ4n) is 3.11. The highest BCUT2D eigenvalue weighted by Gasteiger charge is 2.18. The molecule has 2 heterocycles. The number of hydrogen-bond donors (Lipinski definition) is 1. The van der Waals surface area contributed by atoms with Gasteiger partial charge in [0.2, 0.25) is 0 Å². The molecule has 5 nitrogen and oxygen atoms in total. The molecule has 29 heavy (non-hydrogen) atoms. The van der Waals surface area contributed by atoms with E-state index in [9.17, 15) is 9.59 Å². The summed E-state index contributed by atoms with van der Waals surface area (Å²) < 4.78 is 1.80. The van der Waals surface area contributed by atoms with Gasteiger partial charge in [0.05, 0.1) is 22.8 Å². The van der Waals surface area contributed by atoms with Gasteiger partial charge in [-0.25, -0.2) is 4.98 Å². The number of halogens is 1. The Morgan fingerprint density at radius 2 is 1.69 bits per heavy atom. The second-order valence-electron chi connectivity index (χ2n) is 6.77. The van der Waals surface area contributed by atoms with E-state index in [1.165, 1.54) is 0 Å². The van der Waals surface area contributed by atoms with E-state index in [0.717, 1.165) is 11.2 Å². The van der Waals surface area contributed by atoms with Gasteiger partial charge in [-0.1, -0.05) is 59.6 Å². The summed E-state index contributed by atoms with van der Waals surface area (Å²) in [5.41, 5.74) is 3.77. The van der Waals surface area contributed by atoms with Crippen molar-refractivity contribution in [3.05, 3.63) is 106 Å². The van der Waals surface area contributed by atoms with Gasteiger partial charge < -0.3 is 9.72 Å². The molecule has 4 aromatic rings. The van der Waals surface area contributed by atoms with Crippen molar-refractivity contribution in [3.63, 3.8) is 0 Å². The molecule has 0 bridgehead atoms. The maximum absolute atomic E-state index is 12.9. The first-order chi connectivity index (χ1) is 14.0. The Bertz CT molecular complexity index is 1210. The van der Waals surface area contributed by atoms with Crippen molar-refractivity contribution in [3.8, 4) is 0 Å². The number of carbonyl (C=O) groups excluding carboxylic acids is 2. The van der Waals surface area contributed by atoms with Crippen molar-refractivity contribution in [1.82, 2.24) is 14.7 Å². The topological polar surface area (TPSA) is 63.5 Å². The van der Waals surface area contributed by atoms with Gasteiger partial charge >= 0.3 is 0 Å². The van der Waals surface area contributed by atoms with Gasteiger partial charge in [-0.05, 0) is 25.1 Å². The van der Waals surface area contributed by atoms with E-state index in [0.29, 0.717) is 27.4 Å². The third-order valence-corrected chi connectivity index (χ3v) is 4.85. The number of carbonyl (C=O) groups is 2. The molecule has 0 saturated carbocycles. The quantitative estimate of drug-likeness (QED) is 0.500. The van der Waals surface area contributed by atoms with Gasteiger partial charge in [0.1, 0.15) is 5.65 Å². The van der Waals surface area contributed by atoms with Crippen LogP contribution < -0.4 is 5.32 Å². The molecular formula is C23H18ClN3O2. The standard InChI is InChI=1S/C23H18ClN3O2/c1-15-6-8-16(9-7-15)22(28)19-4-2-3-5-20(19)23(29)25-12-18-14-27-13-17(24)10-11-21(27)26-18/h2-11,13-14H,12H2,1H3,(H,25,29). The summed E-state index contributed by atoms with van der Waals surface area (Å²) in [5, 5.41) is 3.45. The van der Waals surface area contributed by atoms with E-state index in [2.05, 4.69) is 10.3 Å². The van der Waals surface area contributed by atoms with Crippen LogP contribution in [0.25, 0.3) is 5.65 Å². The zero-order chi connectivity index (χ0) is 20.4. The largest absolute Gasteiger partial charge is 0.346 e. The van der Waals surface area contributed by atoms with Crippen LogP contribution in [0.15, 0.2) is 73.1 Å². The number of benzene rings is 2. The van der Waals surface area contributed by atoms with Crippen molar-refractivity contribution in [2.45, 2.75) is 13.5 Å². The third kappa shape index (κ3) is 4.05. The van der Waals surface area contributed by atoms with E-state index >= 15 is 0 Å². The molecule has 0 aliphatic heterocycles. The molecule has 1 N–H and O–H groups in total. The van der Waals surface area contributed by atoms with E-state index in [4.69, 9.17) is 11.6 Å². The van der Waals surface area contributed by atoms with Crippen molar-refractivity contribution in [1.29, 1.82) is 0 Å². The molecule has 0 aliphatic rings. The fraction of sp³-hybridized carbons (Fsp3) is 0.0870. The molecule has 0 spiro atoms. The molecule has 144 valence electrons. The van der Waals surface area contributed by atoms with Crippen molar-refractivity contribution < 1.29 is 9.59 Å². The summed E-state index contributed by atoms with van der Waals surface area (Å²) in [6.07, 6.45) is 3.57. The Hall–Kier alpha value is -3.44. The molecule has 1 amide bonds. The molecular weight excluding hydrogens is 386 g/mol. The van der Waals surface area contributed by atoms with Gasteiger partial charge in [0, 0.05) is 23.5 Å². The molecule has 0 atom stereocenters. The zero-order valence-corrected chi connectivity index (χ0v) is 16.5. The molecule has 0 radical (unpaired) electrons. The number of pyridine rings is 1. The van der Waals surface area contributed by atoms with Crippen LogP contribution in [0.4, 0.5) is 0 Å². The summed E-state index contributed by atoms with van der Waals surface area (Å²) in [5.74, 6) is -0.505. The minimum atomic E-state index is -0.323. The first-order valence-corrected chi connectivity index (χ1v) is 9.51. The van der Waals surface area contributed by atoms with Gasteiger partial charge in [-0.15, -0.1) is 0 Å². The first kappa shape index (κ1) is 18.9. The average Bonchev–Trinajstić information content (AvgIpc) is 3.14. The smallest absolute Gasteiger partial charge is 0.252 e. The van der Waals surface area contributed by atoms with Crippen LogP contribution in [0.3, 0.4) is 0 Å². The number of nitrogens with one attached hydrogen (secondary N) is 1. The van der Waals surface area contributed by atoms with Gasteiger partial charge in [0.25, 0.3) is 5.91 Å². The fourth-order valence-corrected chi connectivity index (χ4v) is 3.28. The number of aromatic nitrogens is 2. The van der Waals surface area contributed by atoms with Crippen LogP contribution in [-0.2, 0) is 6.54 Å². The van der Waals surface area contributed by atoms with E-state index in [-0.39, 0.29) is 18.2 Å². The number of imidazole rings is 1. The lowest BCUT2D eigenvalue weighted by molar-refractivity contribution is 0.0939. The average molecular weight is 404 g/mol. The van der Waals surface area contributed by atoms with Gasteiger partial charge in [-0.3, -0.25) is 9.59 Å². The van der Waals surface area contributed by atoms with Crippen LogP contribution >= 0.6 is 11.6 Å². The van der Waals surface area contributed by atoms with Crippen molar-refractivity contribution >= 4 is 28.9 Å². The van der Waals surface area contributed by atoms with E-state index < -0.39 is 0 Å². The molecule has 0 fully saturated rings. The number of amides is 1. The minimum Gasteiger partial charge on any atom is -0.346 e. The lowest BCUT2D eigenvalue weighted by Crippen LogP contribution is -2.25. The molecule has 0 aliphatic carbocycles. The SMILES string of the molecule is Cc1ccc(C(=O)c2ccccc2C(=O)NCc2cn3cc(Cl)ccc3n2)cc1. The normalized spacial score (nSPS) is 10.8. The van der Waals surface area contributed by atoms with E-state index in [1.54, 1.807) is 53.1 Å². The molecule has 2 aromatic heterocycles. The monoisotopic (exact) mass is 403 g/mol. The molecule has 0 saturated heterocycles. The van der Waals surface area contributed by atoms with Crippen LogP contribution in [-0.4, -0.2) is 21.1 Å². The highest BCUT2D eigenvalue weighted by atomic mass is 35.5. The van der Waals surface area contributed by atoms with Crippen molar-refractivity contribution in [2.75, 3.05) is 0 Å². The third-order valence-electron chi connectivity index (χ3n) is 4.62. The van der Waals surface area contributed by atoms with Crippen LogP contribution in [0.5, 0.6) is 0 Å². The second-order valence-corrected chi connectivity index (χ2v) is 7.20. The number of nitrogens with zero attached hydrogens (tertiary/aromatic N) is 2. The molecule has 4 rings (SSSR count). The lowest BCUT2D eigenvalue weighted by Gasteiger charge is -2.09. The number of ketones is 1. The van der Waals surface area contributed by atoms with Gasteiger partial charge in [-0.2, -0.15) is 0 Å². The highest BCUT2D eigenvalue weighted by Crippen LogP contribution is 2.16. The minimum absolute atomic E-state index is 0.182. The molecule has 0 unspecified atom stereocenters. The maximum Gasteiger partial charge on any atom is 0.252 e. The summed E-state index contributed by atoms with van der Waals surface area (Å²) in [6.45, 7) is 2.20. The predicted octanol–water partition coefficient (Wildman–Crippen LogP) is 4.46. The van der Waals surface area contributed by atoms with E-state index in [1.807, 2.05) is 31.3 Å². The first-order valence-electron chi connectivity index (χ1n) is 9.13. The molecule has 2 aromatic carbocycles. The zero-order valence-electron chi connectivity index (χ0n) is 15.7. The number of hydrogen-bond acceptors (Lipinski definition) is 3. The summed E-state index contributed by atoms with van der Waals surface area (Å²) in [4.78, 5) is 30.1. The van der Waals surface area contributed by atoms with Crippen LogP contribution in [0.1, 0.15) is 37.5 Å². The van der Waals surface area contributed by atoms with Crippen molar-refractivity contribution in [2.24, 2.45) is 0 Å². The highest BCUT2D eigenvalue weighted by molar-refractivity contribution is 6.30. The Morgan fingerprint density at radius 3 is 2.45 bits per heavy atom. The Morgan fingerprint density at radius 1 is 0.966 bits per heavy atom. The Kier molecular flexibility index (Phi) is 5.14. The van der Waals surface area contributed by atoms with Gasteiger partial charge in [0.15, 0.2) is 5.78 Å². The Labute approximate surface area is 173 Å². The predicted molar refractivity (Wildman–Crippen MR) is 112 cm³/mol. The maximum atomic E-state index is 12.9.